The fourth-order valence-corrected chi connectivity index (χ4v) is 3.48. The maximum Gasteiger partial charge on any atom is 0.0697 e. The van der Waals surface area contributed by atoms with Crippen LogP contribution in [0.5, 0.6) is 0 Å². The van der Waals surface area contributed by atoms with E-state index in [2.05, 4.69) is 27.3 Å². The van der Waals surface area contributed by atoms with Crippen molar-refractivity contribution in [1.29, 1.82) is 0 Å². The number of hydrogen-bond acceptors (Lipinski definition) is 5. The SMILES string of the molecule is OCCOCCCc1cc(N2C3CCC2CNC3)ccn1. The third-order valence-electron chi connectivity index (χ3n) is 4.44. The zero-order chi connectivity index (χ0) is 14.5. The molecule has 0 spiro atoms. The normalized spacial score (nSPS) is 24.5. The molecule has 21 heavy (non-hydrogen) atoms. The molecule has 116 valence electrons. The number of aromatic nitrogens is 1. The minimum atomic E-state index is 0.0967. The molecule has 5 heteroatoms. The molecule has 2 N–H and O–H groups in total. The lowest BCUT2D eigenvalue weighted by Crippen LogP contribution is -2.52. The van der Waals surface area contributed by atoms with Gasteiger partial charge in [0.15, 0.2) is 0 Å². The Bertz CT molecular complexity index is 439. The van der Waals surface area contributed by atoms with Gasteiger partial charge >= 0.3 is 0 Å². The highest BCUT2D eigenvalue weighted by Crippen LogP contribution is 2.32. The molecular formula is C16H25N3O2. The lowest BCUT2D eigenvalue weighted by Gasteiger charge is -2.37. The van der Waals surface area contributed by atoms with Crippen LogP contribution < -0.4 is 10.2 Å². The minimum absolute atomic E-state index is 0.0967. The second kappa shape index (κ2) is 7.20. The van der Waals surface area contributed by atoms with Gasteiger partial charge < -0.3 is 20.1 Å². The molecule has 0 saturated carbocycles. The fourth-order valence-electron chi connectivity index (χ4n) is 3.48. The third-order valence-corrected chi connectivity index (χ3v) is 4.44. The van der Waals surface area contributed by atoms with Crippen molar-refractivity contribution < 1.29 is 9.84 Å². The van der Waals surface area contributed by atoms with Gasteiger partial charge in [-0.1, -0.05) is 0 Å². The maximum absolute atomic E-state index is 8.67. The maximum atomic E-state index is 8.67. The van der Waals surface area contributed by atoms with Crippen molar-refractivity contribution in [3.05, 3.63) is 24.0 Å². The van der Waals surface area contributed by atoms with Crippen LogP contribution in [0.25, 0.3) is 0 Å². The van der Waals surface area contributed by atoms with Gasteiger partial charge in [-0.05, 0) is 37.8 Å². The van der Waals surface area contributed by atoms with Crippen molar-refractivity contribution in [2.45, 2.75) is 37.8 Å². The number of anilines is 1. The van der Waals surface area contributed by atoms with Crippen LogP contribution in [0.4, 0.5) is 5.69 Å². The summed E-state index contributed by atoms with van der Waals surface area (Å²) in [5, 5.41) is 12.2. The summed E-state index contributed by atoms with van der Waals surface area (Å²) in [4.78, 5) is 7.06. The first kappa shape index (κ1) is 14.8. The Morgan fingerprint density at radius 2 is 2.10 bits per heavy atom. The number of ether oxygens (including phenoxy) is 1. The zero-order valence-electron chi connectivity index (χ0n) is 12.5. The monoisotopic (exact) mass is 291 g/mol. The van der Waals surface area contributed by atoms with Crippen LogP contribution in [-0.4, -0.2) is 55.1 Å². The smallest absolute Gasteiger partial charge is 0.0697 e. The number of hydrogen-bond donors (Lipinski definition) is 2. The average molecular weight is 291 g/mol. The summed E-state index contributed by atoms with van der Waals surface area (Å²) in [6, 6.07) is 5.67. The number of aryl methyl sites for hydroxylation is 1. The zero-order valence-corrected chi connectivity index (χ0v) is 12.5. The van der Waals surface area contributed by atoms with Gasteiger partial charge in [0.05, 0.1) is 13.2 Å². The third kappa shape index (κ3) is 3.54. The second-order valence-corrected chi connectivity index (χ2v) is 5.90. The van der Waals surface area contributed by atoms with E-state index < -0.39 is 0 Å². The molecule has 2 atom stereocenters. The van der Waals surface area contributed by atoms with Gasteiger partial charge in [0, 0.05) is 49.4 Å². The highest BCUT2D eigenvalue weighted by atomic mass is 16.5. The summed E-state index contributed by atoms with van der Waals surface area (Å²) < 4.78 is 5.30. The van der Waals surface area contributed by atoms with Gasteiger partial charge in [-0.2, -0.15) is 0 Å². The van der Waals surface area contributed by atoms with E-state index in [1.807, 2.05) is 6.20 Å². The highest BCUT2D eigenvalue weighted by Gasteiger charge is 2.36. The number of aliphatic hydroxyl groups is 1. The van der Waals surface area contributed by atoms with Crippen LogP contribution in [0.15, 0.2) is 18.3 Å². The van der Waals surface area contributed by atoms with Crippen LogP contribution in [0.1, 0.15) is 25.0 Å². The summed E-state index contributed by atoms with van der Waals surface area (Å²) in [6.45, 7) is 3.41. The van der Waals surface area contributed by atoms with Gasteiger partial charge in [-0.3, -0.25) is 4.98 Å². The number of nitrogens with one attached hydrogen (secondary N) is 1. The Balaban J connectivity index is 1.58. The van der Waals surface area contributed by atoms with E-state index in [-0.39, 0.29) is 6.61 Å². The van der Waals surface area contributed by atoms with E-state index in [9.17, 15) is 0 Å². The number of nitrogens with zero attached hydrogens (tertiary/aromatic N) is 2. The Kier molecular flexibility index (Phi) is 5.06. The van der Waals surface area contributed by atoms with Crippen LogP contribution >= 0.6 is 0 Å². The van der Waals surface area contributed by atoms with Crippen LogP contribution in [-0.2, 0) is 11.2 Å². The molecule has 0 amide bonds. The number of fused-ring (bicyclic) bond motifs is 2. The molecule has 2 unspecified atom stereocenters. The Hall–Kier alpha value is -1.17. The summed E-state index contributed by atoms with van der Waals surface area (Å²) in [7, 11) is 0. The number of aliphatic hydroxyl groups excluding tert-OH is 1. The van der Waals surface area contributed by atoms with Gasteiger partial charge in [-0.15, -0.1) is 0 Å². The predicted octanol–water partition coefficient (Wildman–Crippen LogP) is 0.964. The van der Waals surface area contributed by atoms with E-state index in [0.29, 0.717) is 25.3 Å². The molecule has 2 bridgehead atoms. The Morgan fingerprint density at radius 3 is 2.86 bits per heavy atom. The van der Waals surface area contributed by atoms with Crippen LogP contribution in [0.2, 0.25) is 0 Å². The average Bonchev–Trinajstić information content (AvgIpc) is 2.77. The lowest BCUT2D eigenvalue weighted by molar-refractivity contribution is 0.0908. The van der Waals surface area contributed by atoms with Gasteiger partial charge in [0.2, 0.25) is 0 Å². The number of piperazine rings is 1. The molecular weight excluding hydrogens is 266 g/mol. The van der Waals surface area contributed by atoms with Crippen molar-refractivity contribution in [2.24, 2.45) is 0 Å². The molecule has 2 saturated heterocycles. The quantitative estimate of drug-likeness (QED) is 0.733. The summed E-state index contributed by atoms with van der Waals surface area (Å²) in [5.74, 6) is 0. The molecule has 3 rings (SSSR count). The van der Waals surface area contributed by atoms with E-state index in [0.717, 1.165) is 31.6 Å². The standard InChI is InChI=1S/C16H25N3O2/c20-7-9-21-8-1-2-13-10-14(5-6-18-13)19-15-3-4-16(19)12-17-11-15/h5-6,10,15-17,20H,1-4,7-9,11-12H2. The van der Waals surface area contributed by atoms with Crippen molar-refractivity contribution in [3.8, 4) is 0 Å². The molecule has 2 aliphatic heterocycles. The van der Waals surface area contributed by atoms with E-state index in [1.165, 1.54) is 18.5 Å². The predicted molar refractivity (Wildman–Crippen MR) is 82.6 cm³/mol. The first-order valence-electron chi connectivity index (χ1n) is 8.01. The molecule has 0 radical (unpaired) electrons. The molecule has 5 nitrogen and oxygen atoms in total. The van der Waals surface area contributed by atoms with Crippen LogP contribution in [0.3, 0.4) is 0 Å². The summed E-state index contributed by atoms with van der Waals surface area (Å²) in [5.41, 5.74) is 2.46. The molecule has 0 aromatic carbocycles. The first-order chi connectivity index (χ1) is 10.4. The molecule has 2 fully saturated rings. The van der Waals surface area contributed by atoms with Gasteiger partial charge in [0.25, 0.3) is 0 Å². The Morgan fingerprint density at radius 1 is 1.29 bits per heavy atom. The van der Waals surface area contributed by atoms with E-state index >= 15 is 0 Å². The first-order valence-corrected chi connectivity index (χ1v) is 8.01. The number of rotatable bonds is 7. The molecule has 2 aliphatic rings. The lowest BCUT2D eigenvalue weighted by atomic mass is 10.1. The minimum Gasteiger partial charge on any atom is -0.394 e. The summed E-state index contributed by atoms with van der Waals surface area (Å²) >= 11 is 0. The Labute approximate surface area is 126 Å². The molecule has 1 aromatic heterocycles. The second-order valence-electron chi connectivity index (χ2n) is 5.90. The van der Waals surface area contributed by atoms with Crippen molar-refractivity contribution in [2.75, 3.05) is 37.8 Å². The molecule has 3 heterocycles. The van der Waals surface area contributed by atoms with Crippen LogP contribution in [0, 0.1) is 0 Å². The fraction of sp³-hybridized carbons (Fsp3) is 0.688. The molecule has 0 aliphatic carbocycles. The molecule has 1 aromatic rings. The topological polar surface area (TPSA) is 57.6 Å². The van der Waals surface area contributed by atoms with Crippen molar-refractivity contribution in [1.82, 2.24) is 10.3 Å². The highest BCUT2D eigenvalue weighted by molar-refractivity contribution is 5.51. The van der Waals surface area contributed by atoms with Crippen molar-refractivity contribution >= 4 is 5.69 Å². The number of pyridine rings is 1. The largest absolute Gasteiger partial charge is 0.394 e. The van der Waals surface area contributed by atoms with Crippen molar-refractivity contribution in [3.63, 3.8) is 0 Å². The van der Waals surface area contributed by atoms with Gasteiger partial charge in [0.1, 0.15) is 0 Å². The summed E-state index contributed by atoms with van der Waals surface area (Å²) in [6.07, 6.45) is 6.40. The van der Waals surface area contributed by atoms with E-state index in [1.54, 1.807) is 0 Å². The van der Waals surface area contributed by atoms with E-state index in [4.69, 9.17) is 9.84 Å². The van der Waals surface area contributed by atoms with Gasteiger partial charge in [-0.25, -0.2) is 0 Å².